The first kappa shape index (κ1) is 20.7. The van der Waals surface area contributed by atoms with Gasteiger partial charge in [-0.05, 0) is 42.8 Å². The number of hydrogen-bond acceptors (Lipinski definition) is 6. The van der Waals surface area contributed by atoms with Crippen molar-refractivity contribution >= 4 is 28.9 Å². The Kier molecular flexibility index (Phi) is 6.50. The lowest BCUT2D eigenvalue weighted by atomic mass is 10.1. The first-order valence-electron chi connectivity index (χ1n) is 9.21. The van der Waals surface area contributed by atoms with E-state index in [0.717, 1.165) is 11.0 Å². The second-order valence-electron chi connectivity index (χ2n) is 6.50. The van der Waals surface area contributed by atoms with Gasteiger partial charge in [0.2, 0.25) is 0 Å². The van der Waals surface area contributed by atoms with E-state index in [4.69, 9.17) is 13.9 Å². The second kappa shape index (κ2) is 9.43. The van der Waals surface area contributed by atoms with Gasteiger partial charge < -0.3 is 19.2 Å². The molecule has 0 saturated heterocycles. The summed E-state index contributed by atoms with van der Waals surface area (Å²) in [6.07, 6.45) is 1.37. The minimum Gasteiger partial charge on any atom is -0.497 e. The maximum atomic E-state index is 12.2. The molecule has 0 saturated carbocycles. The Hall–Kier alpha value is -4.05. The summed E-state index contributed by atoms with van der Waals surface area (Å²) in [5.74, 6) is -0.207. The largest absolute Gasteiger partial charge is 0.497 e. The van der Waals surface area contributed by atoms with Gasteiger partial charge in [0.1, 0.15) is 28.7 Å². The molecule has 0 aliphatic heterocycles. The van der Waals surface area contributed by atoms with E-state index in [0.29, 0.717) is 17.1 Å². The van der Waals surface area contributed by atoms with Crippen molar-refractivity contribution in [1.29, 1.82) is 5.26 Å². The molecule has 0 unspecified atom stereocenters. The SMILES string of the molecule is COc1cccc(/C=C(\C#N)C(=O)OCC(=O)N[C@@H](C)c2cc3ccccc3o2)c1. The van der Waals surface area contributed by atoms with Crippen molar-refractivity contribution in [3.63, 3.8) is 0 Å². The third kappa shape index (κ3) is 5.06. The van der Waals surface area contributed by atoms with Gasteiger partial charge in [0, 0.05) is 5.39 Å². The standard InChI is InChI=1S/C23H20N2O5/c1-15(21-12-17-7-3-4-9-20(17)30-21)25-22(26)14-29-23(27)18(13-24)10-16-6-5-8-19(11-16)28-2/h3-12,15H,14H2,1-2H3,(H,25,26)/b18-10+/t15-/m0/s1. The number of benzene rings is 2. The molecule has 7 heteroatoms. The molecule has 1 N–H and O–H groups in total. The Labute approximate surface area is 173 Å². The van der Waals surface area contributed by atoms with Gasteiger partial charge in [0.05, 0.1) is 13.2 Å². The van der Waals surface area contributed by atoms with Crippen LogP contribution < -0.4 is 10.1 Å². The number of carbonyl (C=O) groups excluding carboxylic acids is 2. The van der Waals surface area contributed by atoms with E-state index >= 15 is 0 Å². The molecule has 0 aliphatic carbocycles. The Morgan fingerprint density at radius 1 is 1.20 bits per heavy atom. The molecule has 3 rings (SSSR count). The molecule has 0 bridgehead atoms. The van der Waals surface area contributed by atoms with Gasteiger partial charge in [-0.25, -0.2) is 4.79 Å². The third-order valence-electron chi connectivity index (χ3n) is 4.33. The number of rotatable bonds is 7. The number of amides is 1. The molecule has 1 aromatic heterocycles. The molecule has 2 aromatic carbocycles. The molecule has 1 atom stereocenters. The lowest BCUT2D eigenvalue weighted by Gasteiger charge is -2.11. The lowest BCUT2D eigenvalue weighted by molar-refractivity contribution is -0.144. The van der Waals surface area contributed by atoms with E-state index < -0.39 is 24.5 Å². The summed E-state index contributed by atoms with van der Waals surface area (Å²) in [5.41, 5.74) is 1.11. The van der Waals surface area contributed by atoms with Crippen LogP contribution in [0.3, 0.4) is 0 Å². The van der Waals surface area contributed by atoms with Crippen molar-refractivity contribution in [2.75, 3.05) is 13.7 Å². The highest BCUT2D eigenvalue weighted by Gasteiger charge is 2.17. The molecule has 0 fully saturated rings. The van der Waals surface area contributed by atoms with Crippen LogP contribution in [-0.2, 0) is 14.3 Å². The highest BCUT2D eigenvalue weighted by atomic mass is 16.5. The van der Waals surface area contributed by atoms with Crippen LogP contribution in [0.1, 0.15) is 24.3 Å². The number of fused-ring (bicyclic) bond motifs is 1. The topological polar surface area (TPSA) is 102 Å². The summed E-state index contributed by atoms with van der Waals surface area (Å²) in [5, 5.41) is 12.9. The first-order chi connectivity index (χ1) is 14.5. The van der Waals surface area contributed by atoms with E-state index in [-0.39, 0.29) is 5.57 Å². The third-order valence-corrected chi connectivity index (χ3v) is 4.33. The van der Waals surface area contributed by atoms with Gasteiger partial charge in [0.25, 0.3) is 5.91 Å². The van der Waals surface area contributed by atoms with E-state index in [1.54, 1.807) is 37.3 Å². The van der Waals surface area contributed by atoms with Crippen LogP contribution in [0.5, 0.6) is 5.75 Å². The number of furan rings is 1. The van der Waals surface area contributed by atoms with Crippen molar-refractivity contribution in [3.8, 4) is 11.8 Å². The summed E-state index contributed by atoms with van der Waals surface area (Å²) in [4.78, 5) is 24.3. The minimum absolute atomic E-state index is 0.221. The quantitative estimate of drug-likeness (QED) is 0.365. The number of ether oxygens (including phenoxy) is 2. The van der Waals surface area contributed by atoms with Crippen molar-refractivity contribution in [1.82, 2.24) is 5.32 Å². The predicted molar refractivity (Wildman–Crippen MR) is 110 cm³/mol. The Bertz CT molecular complexity index is 1110. The van der Waals surface area contributed by atoms with E-state index in [1.807, 2.05) is 30.3 Å². The molecule has 1 heterocycles. The summed E-state index contributed by atoms with van der Waals surface area (Å²) in [6.45, 7) is 1.25. The molecule has 152 valence electrons. The Balaban J connectivity index is 1.58. The van der Waals surface area contributed by atoms with Gasteiger partial charge in [-0.3, -0.25) is 4.79 Å². The monoisotopic (exact) mass is 404 g/mol. The van der Waals surface area contributed by atoms with Crippen LogP contribution in [0.4, 0.5) is 0 Å². The number of nitrogens with zero attached hydrogens (tertiary/aromatic N) is 1. The number of para-hydroxylation sites is 1. The molecule has 7 nitrogen and oxygen atoms in total. The second-order valence-corrected chi connectivity index (χ2v) is 6.50. The number of esters is 1. The predicted octanol–water partition coefficient (Wildman–Crippen LogP) is 3.77. The fourth-order valence-electron chi connectivity index (χ4n) is 2.81. The van der Waals surface area contributed by atoms with Gasteiger partial charge in [0.15, 0.2) is 6.61 Å². The fourth-order valence-corrected chi connectivity index (χ4v) is 2.81. The number of carbonyl (C=O) groups is 2. The average Bonchev–Trinajstić information content (AvgIpc) is 3.20. The zero-order valence-electron chi connectivity index (χ0n) is 16.5. The van der Waals surface area contributed by atoms with Gasteiger partial charge >= 0.3 is 5.97 Å². The van der Waals surface area contributed by atoms with Gasteiger partial charge in [-0.2, -0.15) is 5.26 Å². The average molecular weight is 404 g/mol. The summed E-state index contributed by atoms with van der Waals surface area (Å²) < 4.78 is 15.8. The molecule has 3 aromatic rings. The summed E-state index contributed by atoms with van der Waals surface area (Å²) in [7, 11) is 1.52. The van der Waals surface area contributed by atoms with Crippen LogP contribution in [0.2, 0.25) is 0 Å². The van der Waals surface area contributed by atoms with Crippen LogP contribution >= 0.6 is 0 Å². The van der Waals surface area contributed by atoms with Crippen molar-refractivity contribution in [2.45, 2.75) is 13.0 Å². The Morgan fingerprint density at radius 2 is 2.00 bits per heavy atom. The van der Waals surface area contributed by atoms with Crippen LogP contribution in [0.15, 0.2) is 64.6 Å². The molecule has 30 heavy (non-hydrogen) atoms. The molecule has 1 amide bonds. The van der Waals surface area contributed by atoms with Crippen molar-refractivity contribution in [2.24, 2.45) is 0 Å². The maximum Gasteiger partial charge on any atom is 0.349 e. The smallest absolute Gasteiger partial charge is 0.349 e. The van der Waals surface area contributed by atoms with E-state index in [9.17, 15) is 14.9 Å². The van der Waals surface area contributed by atoms with Gasteiger partial charge in [-0.15, -0.1) is 0 Å². The molecular weight excluding hydrogens is 384 g/mol. The molecule has 0 radical (unpaired) electrons. The maximum absolute atomic E-state index is 12.2. The highest BCUT2D eigenvalue weighted by Crippen LogP contribution is 2.23. The zero-order valence-corrected chi connectivity index (χ0v) is 16.5. The molecular formula is C23H20N2O5. The first-order valence-corrected chi connectivity index (χ1v) is 9.21. The zero-order chi connectivity index (χ0) is 21.5. The lowest BCUT2D eigenvalue weighted by Crippen LogP contribution is -2.31. The number of methoxy groups -OCH3 is 1. The van der Waals surface area contributed by atoms with E-state index in [2.05, 4.69) is 5.32 Å². The Morgan fingerprint density at radius 3 is 2.73 bits per heavy atom. The van der Waals surface area contributed by atoms with Crippen molar-refractivity contribution in [3.05, 3.63) is 71.5 Å². The summed E-state index contributed by atoms with van der Waals surface area (Å²) in [6, 6.07) is 17.6. The fraction of sp³-hybridized carbons (Fsp3) is 0.174. The van der Waals surface area contributed by atoms with Crippen LogP contribution in [-0.4, -0.2) is 25.6 Å². The highest BCUT2D eigenvalue weighted by molar-refractivity contribution is 5.98. The van der Waals surface area contributed by atoms with Crippen LogP contribution in [0.25, 0.3) is 17.0 Å². The minimum atomic E-state index is -0.883. The summed E-state index contributed by atoms with van der Waals surface area (Å²) >= 11 is 0. The van der Waals surface area contributed by atoms with Crippen molar-refractivity contribution < 1.29 is 23.5 Å². The van der Waals surface area contributed by atoms with Crippen LogP contribution in [0, 0.1) is 11.3 Å². The van der Waals surface area contributed by atoms with Gasteiger partial charge in [-0.1, -0.05) is 30.3 Å². The molecule has 0 spiro atoms. The van der Waals surface area contributed by atoms with E-state index in [1.165, 1.54) is 13.2 Å². The normalized spacial score (nSPS) is 12.1. The number of nitrogens with one attached hydrogen (secondary N) is 1. The number of hydrogen-bond donors (Lipinski definition) is 1. The number of nitriles is 1. The molecule has 0 aliphatic rings.